The molecule has 7 nitrogen and oxygen atoms in total. The largest absolute Gasteiger partial charge is 0.434 e. The molecule has 1 aromatic heterocycles. The van der Waals surface area contributed by atoms with Crippen LogP contribution in [0.15, 0.2) is 59.3 Å². The zero-order valence-corrected chi connectivity index (χ0v) is 16.3. The summed E-state index contributed by atoms with van der Waals surface area (Å²) in [6.45, 7) is 4.18. The number of ether oxygens (including phenoxy) is 1. The first-order valence-corrected chi connectivity index (χ1v) is 9.03. The summed E-state index contributed by atoms with van der Waals surface area (Å²) in [6.07, 6.45) is 1.23. The molecule has 1 N–H and O–H groups in total. The van der Waals surface area contributed by atoms with Gasteiger partial charge in [0.2, 0.25) is 5.82 Å². The van der Waals surface area contributed by atoms with Crippen LogP contribution in [-0.4, -0.2) is 14.9 Å². The van der Waals surface area contributed by atoms with E-state index in [1.165, 1.54) is 6.33 Å². The molecule has 0 spiro atoms. The van der Waals surface area contributed by atoms with Crippen molar-refractivity contribution >= 4 is 33.1 Å². The first-order chi connectivity index (χ1) is 13.0. The highest BCUT2D eigenvalue weighted by atomic mass is 79.9. The average Bonchev–Trinajstić information content (AvgIpc) is 2.64. The Labute approximate surface area is 164 Å². The van der Waals surface area contributed by atoms with E-state index >= 15 is 0 Å². The van der Waals surface area contributed by atoms with Crippen molar-refractivity contribution in [1.82, 2.24) is 9.97 Å². The summed E-state index contributed by atoms with van der Waals surface area (Å²) in [5.74, 6) is 0.776. The average molecular weight is 429 g/mol. The maximum atomic E-state index is 11.6. The van der Waals surface area contributed by atoms with Gasteiger partial charge in [-0.3, -0.25) is 10.1 Å². The van der Waals surface area contributed by atoms with Gasteiger partial charge in [-0.05, 0) is 51.7 Å². The Morgan fingerprint density at radius 3 is 2.44 bits per heavy atom. The molecule has 1 heterocycles. The number of benzene rings is 2. The van der Waals surface area contributed by atoms with Crippen LogP contribution in [0.1, 0.15) is 25.3 Å². The minimum Gasteiger partial charge on any atom is -0.434 e. The third-order valence-corrected chi connectivity index (χ3v) is 4.55. The zero-order valence-electron chi connectivity index (χ0n) is 14.7. The molecule has 0 saturated carbocycles. The molecule has 0 unspecified atom stereocenters. The highest BCUT2D eigenvalue weighted by Crippen LogP contribution is 2.36. The van der Waals surface area contributed by atoms with Gasteiger partial charge in [0.05, 0.1) is 10.6 Å². The number of halogens is 1. The van der Waals surface area contributed by atoms with Crippen molar-refractivity contribution in [1.29, 1.82) is 0 Å². The van der Waals surface area contributed by atoms with Gasteiger partial charge in [-0.15, -0.1) is 0 Å². The predicted octanol–water partition coefficient (Wildman–Crippen LogP) is 5.81. The third kappa shape index (κ3) is 4.40. The number of aromatic nitrogens is 2. The van der Waals surface area contributed by atoms with Crippen molar-refractivity contribution in [3.05, 3.63) is 75.0 Å². The number of hydrogen-bond acceptors (Lipinski definition) is 6. The van der Waals surface area contributed by atoms with Crippen LogP contribution in [0.25, 0.3) is 0 Å². The topological polar surface area (TPSA) is 90.2 Å². The fourth-order valence-corrected chi connectivity index (χ4v) is 2.80. The minimum atomic E-state index is -0.559. The van der Waals surface area contributed by atoms with Crippen molar-refractivity contribution in [3.8, 4) is 11.6 Å². The molecular weight excluding hydrogens is 412 g/mol. The number of anilines is 2. The Bertz CT molecular complexity index is 961. The van der Waals surface area contributed by atoms with Gasteiger partial charge in [0, 0.05) is 4.47 Å². The minimum absolute atomic E-state index is 0.0516. The molecule has 0 fully saturated rings. The van der Waals surface area contributed by atoms with E-state index < -0.39 is 4.92 Å². The Hall–Kier alpha value is -3.00. The van der Waals surface area contributed by atoms with Crippen LogP contribution in [0.3, 0.4) is 0 Å². The Morgan fingerprint density at radius 2 is 1.81 bits per heavy atom. The molecule has 8 heteroatoms. The van der Waals surface area contributed by atoms with Gasteiger partial charge in [0.25, 0.3) is 0 Å². The van der Waals surface area contributed by atoms with E-state index in [2.05, 4.69) is 45.1 Å². The quantitative estimate of drug-likeness (QED) is 0.393. The maximum Gasteiger partial charge on any atom is 0.373 e. The fraction of sp³-hybridized carbons (Fsp3) is 0.158. The molecule has 27 heavy (non-hydrogen) atoms. The van der Waals surface area contributed by atoms with Gasteiger partial charge in [-0.1, -0.05) is 38.1 Å². The summed E-state index contributed by atoms with van der Waals surface area (Å²) in [5.41, 5.74) is 1.46. The molecule has 2 aromatic carbocycles. The standard InChI is InChI=1S/C19H17BrN4O3/c1-12(2)13-7-9-14(10-8-13)27-19-17(24(25)26)18(21-11-22-19)23-16-6-4-3-5-15(16)20/h3-12H,1-2H3,(H,21,22,23). The molecule has 0 aliphatic heterocycles. The van der Waals surface area contributed by atoms with Crippen LogP contribution in [0.5, 0.6) is 11.6 Å². The van der Waals surface area contributed by atoms with Crippen molar-refractivity contribution < 1.29 is 9.66 Å². The summed E-state index contributed by atoms with van der Waals surface area (Å²) in [6, 6.07) is 14.6. The van der Waals surface area contributed by atoms with Gasteiger partial charge in [0.15, 0.2) is 0 Å². The van der Waals surface area contributed by atoms with Gasteiger partial charge < -0.3 is 10.1 Å². The van der Waals surface area contributed by atoms with E-state index in [9.17, 15) is 10.1 Å². The number of para-hydroxylation sites is 1. The second-order valence-electron chi connectivity index (χ2n) is 6.06. The normalized spacial score (nSPS) is 10.7. The second-order valence-corrected chi connectivity index (χ2v) is 6.92. The molecule has 0 aliphatic rings. The van der Waals surface area contributed by atoms with Crippen molar-refractivity contribution in [2.24, 2.45) is 0 Å². The second kappa shape index (κ2) is 8.13. The molecule has 3 rings (SSSR count). The van der Waals surface area contributed by atoms with E-state index in [1.54, 1.807) is 18.2 Å². The Balaban J connectivity index is 1.94. The summed E-state index contributed by atoms with van der Waals surface area (Å²) in [5, 5.41) is 14.6. The predicted molar refractivity (Wildman–Crippen MR) is 107 cm³/mol. The van der Waals surface area contributed by atoms with E-state index in [1.807, 2.05) is 30.3 Å². The van der Waals surface area contributed by atoms with Crippen LogP contribution in [0, 0.1) is 10.1 Å². The number of nitro groups is 1. The van der Waals surface area contributed by atoms with E-state index in [0.29, 0.717) is 17.4 Å². The zero-order chi connectivity index (χ0) is 19.4. The van der Waals surface area contributed by atoms with Crippen LogP contribution in [0.4, 0.5) is 17.2 Å². The molecule has 0 aliphatic carbocycles. The summed E-state index contributed by atoms with van der Waals surface area (Å²) >= 11 is 3.40. The maximum absolute atomic E-state index is 11.6. The van der Waals surface area contributed by atoms with E-state index in [0.717, 1.165) is 10.0 Å². The van der Waals surface area contributed by atoms with Crippen LogP contribution in [-0.2, 0) is 0 Å². The fourth-order valence-electron chi connectivity index (χ4n) is 2.42. The Kier molecular flexibility index (Phi) is 5.66. The first kappa shape index (κ1) is 18.8. The molecule has 0 radical (unpaired) electrons. The molecule has 0 atom stereocenters. The molecule has 138 valence electrons. The van der Waals surface area contributed by atoms with E-state index in [4.69, 9.17) is 4.74 Å². The molecule has 3 aromatic rings. The van der Waals surface area contributed by atoms with E-state index in [-0.39, 0.29) is 17.4 Å². The van der Waals surface area contributed by atoms with Crippen LogP contribution in [0.2, 0.25) is 0 Å². The number of rotatable bonds is 6. The summed E-state index contributed by atoms with van der Waals surface area (Å²) in [4.78, 5) is 19.0. The lowest BCUT2D eigenvalue weighted by molar-refractivity contribution is -0.385. The van der Waals surface area contributed by atoms with Crippen LogP contribution < -0.4 is 10.1 Å². The van der Waals surface area contributed by atoms with Crippen LogP contribution >= 0.6 is 15.9 Å². The Morgan fingerprint density at radius 1 is 1.11 bits per heavy atom. The van der Waals surface area contributed by atoms with Gasteiger partial charge in [0.1, 0.15) is 12.1 Å². The molecule has 0 saturated heterocycles. The number of hydrogen-bond donors (Lipinski definition) is 1. The molecule has 0 bridgehead atoms. The molecule has 0 amide bonds. The smallest absolute Gasteiger partial charge is 0.373 e. The van der Waals surface area contributed by atoms with Gasteiger partial charge >= 0.3 is 11.6 Å². The monoisotopic (exact) mass is 428 g/mol. The third-order valence-electron chi connectivity index (χ3n) is 3.86. The SMILES string of the molecule is CC(C)c1ccc(Oc2ncnc(Nc3ccccc3Br)c2[N+](=O)[O-])cc1. The van der Waals surface area contributed by atoms with Crippen molar-refractivity contribution in [2.75, 3.05) is 5.32 Å². The van der Waals surface area contributed by atoms with Crippen molar-refractivity contribution in [3.63, 3.8) is 0 Å². The molecular formula is C19H17BrN4O3. The van der Waals surface area contributed by atoms with Crippen molar-refractivity contribution in [2.45, 2.75) is 19.8 Å². The lowest BCUT2D eigenvalue weighted by atomic mass is 10.0. The lowest BCUT2D eigenvalue weighted by Crippen LogP contribution is -2.04. The van der Waals surface area contributed by atoms with Gasteiger partial charge in [-0.2, -0.15) is 4.98 Å². The number of nitrogens with zero attached hydrogens (tertiary/aromatic N) is 3. The highest BCUT2D eigenvalue weighted by Gasteiger charge is 2.25. The first-order valence-electron chi connectivity index (χ1n) is 8.24. The highest BCUT2D eigenvalue weighted by molar-refractivity contribution is 9.10. The summed E-state index contributed by atoms with van der Waals surface area (Å²) in [7, 11) is 0. The number of nitrogens with one attached hydrogen (secondary N) is 1. The van der Waals surface area contributed by atoms with Gasteiger partial charge in [-0.25, -0.2) is 4.98 Å². The lowest BCUT2D eigenvalue weighted by Gasteiger charge is -2.11. The summed E-state index contributed by atoms with van der Waals surface area (Å²) < 4.78 is 6.42.